The second-order valence-electron chi connectivity index (χ2n) is 6.80. The Morgan fingerprint density at radius 1 is 1.21 bits per heavy atom. The third-order valence-electron chi connectivity index (χ3n) is 4.88. The molecule has 0 saturated carbocycles. The highest BCUT2D eigenvalue weighted by Gasteiger charge is 2.32. The van der Waals surface area contributed by atoms with Gasteiger partial charge in [-0.3, -0.25) is 14.4 Å². The van der Waals surface area contributed by atoms with Gasteiger partial charge in [-0.15, -0.1) is 0 Å². The molecular formula is C19H26N4O. The van der Waals surface area contributed by atoms with Crippen molar-refractivity contribution in [1.82, 2.24) is 19.6 Å². The van der Waals surface area contributed by atoms with Gasteiger partial charge in [0, 0.05) is 27.3 Å². The van der Waals surface area contributed by atoms with Gasteiger partial charge in [-0.05, 0) is 43.0 Å². The van der Waals surface area contributed by atoms with Crippen molar-refractivity contribution in [1.29, 1.82) is 0 Å². The van der Waals surface area contributed by atoms with E-state index in [0.29, 0.717) is 5.92 Å². The number of likely N-dealkylation sites (tertiary alicyclic amines) is 1. The number of carbonyl (C=O) groups excluding carboxylic acids is 1. The fourth-order valence-electron chi connectivity index (χ4n) is 3.53. The predicted molar refractivity (Wildman–Crippen MR) is 94.6 cm³/mol. The van der Waals surface area contributed by atoms with E-state index in [9.17, 15) is 4.79 Å². The lowest BCUT2D eigenvalue weighted by atomic mass is 9.90. The van der Waals surface area contributed by atoms with Crippen molar-refractivity contribution in [3.05, 3.63) is 53.9 Å². The smallest absolute Gasteiger partial charge is 0.244 e. The number of rotatable bonds is 4. The van der Waals surface area contributed by atoms with Crippen LogP contribution in [0.1, 0.15) is 35.9 Å². The molecule has 1 aromatic carbocycles. The predicted octanol–water partition coefficient (Wildman–Crippen LogP) is 2.43. The molecule has 1 aliphatic heterocycles. The Kier molecular flexibility index (Phi) is 5.00. The highest BCUT2D eigenvalue weighted by Crippen LogP contribution is 2.32. The Hall–Kier alpha value is -2.14. The Balaban J connectivity index is 1.74. The molecule has 1 aromatic heterocycles. The van der Waals surface area contributed by atoms with Crippen molar-refractivity contribution in [3.63, 3.8) is 0 Å². The van der Waals surface area contributed by atoms with E-state index in [1.54, 1.807) is 4.90 Å². The molecule has 2 aromatic rings. The molecule has 1 unspecified atom stereocenters. The van der Waals surface area contributed by atoms with Crippen LogP contribution in [0.4, 0.5) is 0 Å². The number of hydrogen-bond acceptors (Lipinski definition) is 3. The van der Waals surface area contributed by atoms with Gasteiger partial charge < -0.3 is 4.90 Å². The third kappa shape index (κ3) is 3.51. The molecule has 1 aliphatic rings. The first-order valence-corrected chi connectivity index (χ1v) is 8.55. The van der Waals surface area contributed by atoms with Gasteiger partial charge in [-0.2, -0.15) is 5.10 Å². The Bertz CT molecular complexity index is 672. The van der Waals surface area contributed by atoms with E-state index in [1.807, 2.05) is 50.2 Å². The Labute approximate surface area is 143 Å². The van der Waals surface area contributed by atoms with Gasteiger partial charge in [0.2, 0.25) is 5.91 Å². The number of carbonyl (C=O) groups is 1. The summed E-state index contributed by atoms with van der Waals surface area (Å²) in [5, 5.41) is 4.29. The van der Waals surface area contributed by atoms with E-state index >= 15 is 0 Å². The molecule has 5 heteroatoms. The largest absolute Gasteiger partial charge is 0.347 e. The van der Waals surface area contributed by atoms with Crippen molar-refractivity contribution < 1.29 is 4.79 Å². The second kappa shape index (κ2) is 7.18. The lowest BCUT2D eigenvalue weighted by molar-refractivity contribution is -0.135. The van der Waals surface area contributed by atoms with Crippen molar-refractivity contribution in [3.8, 4) is 0 Å². The highest BCUT2D eigenvalue weighted by molar-refractivity contribution is 5.82. The van der Waals surface area contributed by atoms with Crippen LogP contribution >= 0.6 is 0 Å². The van der Waals surface area contributed by atoms with Gasteiger partial charge in [0.05, 0.1) is 6.20 Å². The number of hydrogen-bond donors (Lipinski definition) is 0. The van der Waals surface area contributed by atoms with E-state index < -0.39 is 0 Å². The number of nitrogens with zero attached hydrogens (tertiary/aromatic N) is 4. The van der Waals surface area contributed by atoms with Crippen LogP contribution < -0.4 is 0 Å². The van der Waals surface area contributed by atoms with Crippen LogP contribution in [0.2, 0.25) is 0 Å². The minimum Gasteiger partial charge on any atom is -0.347 e. The van der Waals surface area contributed by atoms with Crippen molar-refractivity contribution in [2.24, 2.45) is 7.05 Å². The molecule has 0 radical (unpaired) electrons. The van der Waals surface area contributed by atoms with Gasteiger partial charge in [-0.1, -0.05) is 30.3 Å². The lowest BCUT2D eigenvalue weighted by Gasteiger charge is -2.37. The fraction of sp³-hybridized carbons (Fsp3) is 0.474. The molecule has 0 N–H and O–H groups in total. The average molecular weight is 326 g/mol. The summed E-state index contributed by atoms with van der Waals surface area (Å²) in [5.41, 5.74) is 2.39. The number of aryl methyl sites for hydroxylation is 1. The number of amides is 1. The van der Waals surface area contributed by atoms with E-state index in [1.165, 1.54) is 5.56 Å². The summed E-state index contributed by atoms with van der Waals surface area (Å²) < 4.78 is 1.87. The summed E-state index contributed by atoms with van der Waals surface area (Å²) in [6.07, 6.45) is 6.21. The van der Waals surface area contributed by atoms with E-state index in [2.05, 4.69) is 28.3 Å². The van der Waals surface area contributed by atoms with Gasteiger partial charge in [0.15, 0.2) is 0 Å². The first-order chi connectivity index (χ1) is 11.6. The van der Waals surface area contributed by atoms with E-state index in [4.69, 9.17) is 0 Å². The van der Waals surface area contributed by atoms with Gasteiger partial charge >= 0.3 is 0 Å². The van der Waals surface area contributed by atoms with Gasteiger partial charge in [0.25, 0.3) is 0 Å². The minimum atomic E-state index is -0.184. The molecule has 0 aliphatic carbocycles. The Morgan fingerprint density at radius 2 is 1.88 bits per heavy atom. The zero-order chi connectivity index (χ0) is 17.1. The molecule has 5 nitrogen and oxygen atoms in total. The molecular weight excluding hydrogens is 300 g/mol. The normalized spacial score (nSPS) is 17.6. The highest BCUT2D eigenvalue weighted by atomic mass is 16.2. The summed E-state index contributed by atoms with van der Waals surface area (Å²) in [5.74, 6) is 0.696. The maximum atomic E-state index is 12.8. The van der Waals surface area contributed by atoms with Crippen molar-refractivity contribution in [2.75, 3.05) is 27.2 Å². The Morgan fingerprint density at radius 3 is 2.42 bits per heavy atom. The molecule has 2 heterocycles. The fourth-order valence-corrected chi connectivity index (χ4v) is 3.53. The number of likely N-dealkylation sites (N-methyl/N-ethyl adjacent to an activating group) is 1. The summed E-state index contributed by atoms with van der Waals surface area (Å²) in [6, 6.07) is 9.94. The van der Waals surface area contributed by atoms with E-state index in [0.717, 1.165) is 31.5 Å². The monoisotopic (exact) mass is 326 g/mol. The van der Waals surface area contributed by atoms with Crippen LogP contribution in [-0.4, -0.2) is 52.7 Å². The lowest BCUT2D eigenvalue weighted by Crippen LogP contribution is -2.43. The summed E-state index contributed by atoms with van der Waals surface area (Å²) >= 11 is 0. The minimum absolute atomic E-state index is 0.154. The summed E-state index contributed by atoms with van der Waals surface area (Å²) in [4.78, 5) is 16.8. The number of aromatic nitrogens is 2. The summed E-state index contributed by atoms with van der Waals surface area (Å²) in [7, 11) is 5.63. The van der Waals surface area contributed by atoms with Crippen LogP contribution in [0.3, 0.4) is 0 Å². The zero-order valence-electron chi connectivity index (χ0n) is 14.7. The average Bonchev–Trinajstić information content (AvgIpc) is 3.03. The van der Waals surface area contributed by atoms with E-state index in [-0.39, 0.29) is 11.9 Å². The topological polar surface area (TPSA) is 41.4 Å². The molecule has 128 valence electrons. The summed E-state index contributed by atoms with van der Waals surface area (Å²) in [6.45, 7) is 1.86. The molecule has 0 spiro atoms. The van der Waals surface area contributed by atoms with Crippen molar-refractivity contribution >= 4 is 5.91 Å². The molecule has 3 rings (SSSR count). The van der Waals surface area contributed by atoms with Crippen LogP contribution in [0.25, 0.3) is 0 Å². The maximum absolute atomic E-state index is 12.8. The molecule has 0 bridgehead atoms. The zero-order valence-corrected chi connectivity index (χ0v) is 14.7. The standard InChI is InChI=1S/C19H26N4O/c1-21(2)19(24)18(16-7-5-4-6-8-16)23-11-9-15(10-12-23)17-13-20-22(3)14-17/h4-8,13-15,18H,9-12H2,1-3H3. The number of benzene rings is 1. The molecule has 1 amide bonds. The first kappa shape index (κ1) is 16.7. The second-order valence-corrected chi connectivity index (χ2v) is 6.80. The first-order valence-electron chi connectivity index (χ1n) is 8.55. The number of piperidine rings is 1. The van der Waals surface area contributed by atoms with Crippen LogP contribution in [0.5, 0.6) is 0 Å². The van der Waals surface area contributed by atoms with Crippen molar-refractivity contribution in [2.45, 2.75) is 24.8 Å². The van der Waals surface area contributed by atoms with Crippen LogP contribution in [0, 0.1) is 0 Å². The SMILES string of the molecule is CN(C)C(=O)C(c1ccccc1)N1CCC(c2cnn(C)c2)CC1. The van der Waals surface area contributed by atoms with Crippen LogP contribution in [-0.2, 0) is 11.8 Å². The third-order valence-corrected chi connectivity index (χ3v) is 4.88. The molecule has 24 heavy (non-hydrogen) atoms. The molecule has 1 saturated heterocycles. The van der Waals surface area contributed by atoms with Crippen LogP contribution in [0.15, 0.2) is 42.7 Å². The maximum Gasteiger partial charge on any atom is 0.244 e. The molecule has 1 atom stereocenters. The quantitative estimate of drug-likeness (QED) is 0.866. The van der Waals surface area contributed by atoms with Gasteiger partial charge in [-0.25, -0.2) is 0 Å². The van der Waals surface area contributed by atoms with Gasteiger partial charge in [0.1, 0.15) is 6.04 Å². The molecule has 1 fully saturated rings.